The first-order valence-corrected chi connectivity index (χ1v) is 11.2. The van der Waals surface area contributed by atoms with Crippen LogP contribution in [0.3, 0.4) is 0 Å². The van der Waals surface area contributed by atoms with Gasteiger partial charge in [-0.05, 0) is 55.8 Å². The molecule has 1 saturated heterocycles. The predicted molar refractivity (Wildman–Crippen MR) is 128 cm³/mol. The van der Waals surface area contributed by atoms with Gasteiger partial charge in [0.25, 0.3) is 0 Å². The summed E-state index contributed by atoms with van der Waals surface area (Å²) in [6, 6.07) is 20.2. The Labute approximate surface area is 206 Å². The van der Waals surface area contributed by atoms with Crippen LogP contribution in [0.5, 0.6) is 0 Å². The normalized spacial score (nSPS) is 17.3. The van der Waals surface area contributed by atoms with Crippen molar-refractivity contribution < 1.29 is 28.0 Å². The average Bonchev–Trinajstić information content (AvgIpc) is 3.04. The van der Waals surface area contributed by atoms with Crippen LogP contribution in [-0.2, 0) is 12.7 Å². The van der Waals surface area contributed by atoms with Gasteiger partial charge in [-0.1, -0.05) is 48.5 Å². The van der Waals surface area contributed by atoms with E-state index in [4.69, 9.17) is 0 Å². The minimum Gasteiger partial charge on any atom is -0.311 e. The van der Waals surface area contributed by atoms with Crippen LogP contribution in [0.1, 0.15) is 25.0 Å². The van der Waals surface area contributed by atoms with E-state index in [0.717, 1.165) is 12.1 Å². The first-order valence-electron chi connectivity index (χ1n) is 11.2. The van der Waals surface area contributed by atoms with E-state index in [1.165, 1.54) is 21.9 Å². The summed E-state index contributed by atoms with van der Waals surface area (Å²) in [5.74, 6) is 0. The van der Waals surface area contributed by atoms with Gasteiger partial charge < -0.3 is 10.2 Å². The molecule has 0 bridgehead atoms. The Morgan fingerprint density at radius 2 is 1.61 bits per heavy atom. The van der Waals surface area contributed by atoms with Crippen molar-refractivity contribution in [1.29, 1.82) is 0 Å². The van der Waals surface area contributed by atoms with Crippen LogP contribution in [0.4, 0.5) is 34.1 Å². The molecule has 36 heavy (non-hydrogen) atoms. The number of nitrogens with one attached hydrogen (secondary N) is 1. The first kappa shape index (κ1) is 25.1. The van der Waals surface area contributed by atoms with Crippen molar-refractivity contribution in [2.24, 2.45) is 0 Å². The maximum absolute atomic E-state index is 13.7. The Balaban J connectivity index is 1.70. The van der Waals surface area contributed by atoms with Crippen LogP contribution < -0.4 is 10.2 Å². The maximum Gasteiger partial charge on any atom is 0.416 e. The number of rotatable bonds is 5. The molecule has 3 aromatic rings. The van der Waals surface area contributed by atoms with Crippen molar-refractivity contribution in [3.8, 4) is 0 Å². The van der Waals surface area contributed by atoms with E-state index in [2.05, 4.69) is 5.32 Å². The molecular formula is C26H25F3N4O3. The summed E-state index contributed by atoms with van der Waals surface area (Å²) in [5, 5.41) is 14.1. The van der Waals surface area contributed by atoms with Crippen LogP contribution in [0.15, 0.2) is 84.9 Å². The second-order valence-electron chi connectivity index (χ2n) is 8.94. The largest absolute Gasteiger partial charge is 0.416 e. The smallest absolute Gasteiger partial charge is 0.311 e. The first-order chi connectivity index (χ1) is 17.0. The topological polar surface area (TPSA) is 76.1 Å². The van der Waals surface area contributed by atoms with Gasteiger partial charge in [0.15, 0.2) is 6.17 Å². The fourth-order valence-electron chi connectivity index (χ4n) is 4.30. The number of benzene rings is 3. The van der Waals surface area contributed by atoms with Gasteiger partial charge in [0.05, 0.1) is 11.1 Å². The summed E-state index contributed by atoms with van der Waals surface area (Å²) in [4.78, 5) is 29.2. The number of halogens is 3. The molecule has 7 nitrogen and oxygen atoms in total. The molecule has 1 fully saturated rings. The number of alkyl halides is 3. The molecule has 10 heteroatoms. The SMILES string of the molecule is CC1(C)C(N(O)C(=O)Nc2ccccc2)N(c2ccccc2)C(=O)N1Cc1cccc(C(F)(F)F)c1. The molecule has 4 amide bonds. The summed E-state index contributed by atoms with van der Waals surface area (Å²) in [7, 11) is 0. The summed E-state index contributed by atoms with van der Waals surface area (Å²) in [6.45, 7) is 3.12. The highest BCUT2D eigenvalue weighted by molar-refractivity contribution is 5.98. The zero-order valence-corrected chi connectivity index (χ0v) is 19.6. The molecule has 0 aliphatic carbocycles. The average molecular weight is 499 g/mol. The van der Waals surface area contributed by atoms with E-state index in [-0.39, 0.29) is 12.1 Å². The summed E-state index contributed by atoms with van der Waals surface area (Å²) < 4.78 is 39.8. The van der Waals surface area contributed by atoms with E-state index >= 15 is 0 Å². The van der Waals surface area contributed by atoms with Crippen molar-refractivity contribution in [3.63, 3.8) is 0 Å². The quantitative estimate of drug-likeness (QED) is 0.326. The lowest BCUT2D eigenvalue weighted by Crippen LogP contribution is -2.58. The Kier molecular flexibility index (Phi) is 6.64. The van der Waals surface area contributed by atoms with Crippen LogP contribution in [0, 0.1) is 0 Å². The maximum atomic E-state index is 13.7. The minimum atomic E-state index is -4.53. The van der Waals surface area contributed by atoms with Crippen molar-refractivity contribution in [2.45, 2.75) is 38.3 Å². The van der Waals surface area contributed by atoms with Crippen LogP contribution >= 0.6 is 0 Å². The Morgan fingerprint density at radius 1 is 1.00 bits per heavy atom. The Hall–Kier alpha value is -4.05. The fraction of sp³-hybridized carbons (Fsp3) is 0.231. The summed E-state index contributed by atoms with van der Waals surface area (Å²) >= 11 is 0. The third-order valence-corrected chi connectivity index (χ3v) is 6.10. The van der Waals surface area contributed by atoms with Gasteiger partial charge in [-0.2, -0.15) is 18.2 Å². The van der Waals surface area contributed by atoms with Crippen LogP contribution in [0.25, 0.3) is 0 Å². The second-order valence-corrected chi connectivity index (χ2v) is 8.94. The number of nitrogens with zero attached hydrogens (tertiary/aromatic N) is 3. The Bertz CT molecular complexity index is 1240. The second kappa shape index (κ2) is 9.54. The highest BCUT2D eigenvalue weighted by Gasteiger charge is 2.56. The Morgan fingerprint density at radius 3 is 2.22 bits per heavy atom. The van der Waals surface area contributed by atoms with Gasteiger partial charge in [-0.3, -0.25) is 10.1 Å². The number of urea groups is 2. The van der Waals surface area contributed by atoms with Gasteiger partial charge in [-0.25, -0.2) is 9.59 Å². The zero-order valence-electron chi connectivity index (χ0n) is 19.6. The number of amides is 4. The van der Waals surface area contributed by atoms with Gasteiger partial charge in [0.1, 0.15) is 0 Å². The van der Waals surface area contributed by atoms with E-state index in [9.17, 15) is 28.0 Å². The van der Waals surface area contributed by atoms with Crippen molar-refractivity contribution in [1.82, 2.24) is 9.96 Å². The molecule has 1 aliphatic heterocycles. The molecule has 0 aromatic heterocycles. The van der Waals surface area contributed by atoms with Crippen molar-refractivity contribution in [3.05, 3.63) is 96.1 Å². The van der Waals surface area contributed by atoms with Crippen LogP contribution in [-0.4, -0.2) is 38.9 Å². The number of para-hydroxylation sites is 2. The number of carbonyl (C=O) groups excluding carboxylic acids is 2. The van der Waals surface area contributed by atoms with Crippen molar-refractivity contribution >= 4 is 23.4 Å². The predicted octanol–water partition coefficient (Wildman–Crippen LogP) is 6.18. The standard InChI is InChI=1S/C26H25F3N4O3/c1-25(2)22(33(36)23(34)30-20-12-5-3-6-13-20)32(21-14-7-4-8-15-21)24(35)31(25)17-18-10-9-11-19(16-18)26(27,28)29/h3-16,22,36H,17H2,1-2H3,(H,30,34). The zero-order chi connectivity index (χ0) is 26.1. The van der Waals surface area contributed by atoms with E-state index in [1.54, 1.807) is 74.5 Å². The number of hydrogen-bond acceptors (Lipinski definition) is 3. The highest BCUT2D eigenvalue weighted by Crippen LogP contribution is 2.39. The fourth-order valence-corrected chi connectivity index (χ4v) is 4.30. The molecule has 1 heterocycles. The molecule has 3 aromatic carbocycles. The lowest BCUT2D eigenvalue weighted by atomic mass is 9.98. The number of hydrogen-bond donors (Lipinski definition) is 2. The molecule has 2 N–H and O–H groups in total. The van der Waals surface area contributed by atoms with E-state index in [0.29, 0.717) is 16.4 Å². The third kappa shape index (κ3) is 4.85. The summed E-state index contributed by atoms with van der Waals surface area (Å²) in [5.41, 5.74) is -0.913. The lowest BCUT2D eigenvalue weighted by Gasteiger charge is -2.38. The van der Waals surface area contributed by atoms with Gasteiger partial charge in [0.2, 0.25) is 0 Å². The number of carbonyl (C=O) groups is 2. The molecule has 4 rings (SSSR count). The number of hydroxylamine groups is 2. The summed E-state index contributed by atoms with van der Waals surface area (Å²) in [6.07, 6.45) is -5.72. The number of anilines is 2. The van der Waals surface area contributed by atoms with E-state index in [1.807, 2.05) is 0 Å². The monoisotopic (exact) mass is 498 g/mol. The highest BCUT2D eigenvalue weighted by atomic mass is 19.4. The molecule has 1 atom stereocenters. The van der Waals surface area contributed by atoms with Gasteiger partial charge >= 0.3 is 18.2 Å². The molecule has 0 saturated carbocycles. The van der Waals surface area contributed by atoms with Gasteiger partial charge in [-0.15, -0.1) is 0 Å². The lowest BCUT2D eigenvalue weighted by molar-refractivity contribution is -0.137. The molecule has 1 unspecified atom stereocenters. The molecule has 1 aliphatic rings. The van der Waals surface area contributed by atoms with E-state index < -0.39 is 35.5 Å². The minimum absolute atomic E-state index is 0.163. The van der Waals surface area contributed by atoms with Crippen molar-refractivity contribution in [2.75, 3.05) is 10.2 Å². The molecule has 188 valence electrons. The molecule has 0 radical (unpaired) electrons. The molecular weight excluding hydrogens is 473 g/mol. The van der Waals surface area contributed by atoms with Gasteiger partial charge in [0, 0.05) is 17.9 Å². The van der Waals surface area contributed by atoms with Crippen LogP contribution in [0.2, 0.25) is 0 Å². The third-order valence-electron chi connectivity index (χ3n) is 6.10. The molecule has 0 spiro atoms.